The van der Waals surface area contributed by atoms with Crippen LogP contribution in [0.1, 0.15) is 22.3 Å². The molecule has 6 heteroatoms. The minimum atomic E-state index is -0.0691. The number of halogens is 1. The van der Waals surface area contributed by atoms with Gasteiger partial charge in [0.25, 0.3) is 5.91 Å². The molecule has 24 heavy (non-hydrogen) atoms. The quantitative estimate of drug-likeness (QED) is 0.281. The second kappa shape index (κ2) is 10.6. The maximum absolute atomic E-state index is 11.8. The molecule has 1 amide bonds. The summed E-state index contributed by atoms with van der Waals surface area (Å²) in [6, 6.07) is 17.1. The number of carbonyl (C=O) groups is 1. The number of aliphatic imine (C=N–C) groups is 1. The van der Waals surface area contributed by atoms with Crippen molar-refractivity contribution in [2.24, 2.45) is 10.7 Å². The molecule has 2 aromatic rings. The van der Waals surface area contributed by atoms with Gasteiger partial charge in [0.15, 0.2) is 5.96 Å². The number of nitrogens with one attached hydrogen (secondary N) is 2. The number of nitrogens with two attached hydrogens (primary N) is 1. The van der Waals surface area contributed by atoms with Gasteiger partial charge in [0.05, 0.1) is 0 Å². The summed E-state index contributed by atoms with van der Waals surface area (Å²) in [4.78, 5) is 16.1. The number of amides is 1. The van der Waals surface area contributed by atoms with Gasteiger partial charge in [-0.3, -0.25) is 9.79 Å². The van der Waals surface area contributed by atoms with Gasteiger partial charge in [-0.25, -0.2) is 0 Å². The van der Waals surface area contributed by atoms with Gasteiger partial charge in [-0.15, -0.1) is 24.0 Å². The fourth-order valence-electron chi connectivity index (χ4n) is 2.00. The number of carbonyl (C=O) groups excluding carboxylic acids is 1. The number of guanidine groups is 1. The second-order valence-corrected chi connectivity index (χ2v) is 5.23. The molecule has 2 aromatic carbocycles. The summed E-state index contributed by atoms with van der Waals surface area (Å²) in [6.45, 7) is 3.15. The molecular weight excluding hydrogens is 415 g/mol. The van der Waals surface area contributed by atoms with Crippen LogP contribution in [0.5, 0.6) is 0 Å². The first kappa shape index (κ1) is 20.0. The SMILES string of the molecule is Cc1ccc(NC(N)=NCCCNC(=O)c2ccccc2)cc1.I. The van der Waals surface area contributed by atoms with E-state index in [1.807, 2.05) is 49.4 Å². The number of rotatable bonds is 6. The van der Waals surface area contributed by atoms with Gasteiger partial charge in [0.1, 0.15) is 0 Å². The van der Waals surface area contributed by atoms with Crippen molar-refractivity contribution in [2.45, 2.75) is 13.3 Å². The monoisotopic (exact) mass is 438 g/mol. The number of nitrogens with zero attached hydrogens (tertiary/aromatic N) is 1. The van der Waals surface area contributed by atoms with Gasteiger partial charge < -0.3 is 16.4 Å². The summed E-state index contributed by atoms with van der Waals surface area (Å²) < 4.78 is 0. The Bertz CT molecular complexity index is 656. The lowest BCUT2D eigenvalue weighted by atomic mass is 10.2. The fourth-order valence-corrected chi connectivity index (χ4v) is 2.00. The molecule has 0 heterocycles. The lowest BCUT2D eigenvalue weighted by molar-refractivity contribution is 0.0953. The topological polar surface area (TPSA) is 79.5 Å². The van der Waals surface area contributed by atoms with Gasteiger partial charge in [0, 0.05) is 24.3 Å². The molecule has 0 unspecified atom stereocenters. The molecule has 0 fully saturated rings. The molecule has 0 saturated heterocycles. The van der Waals surface area contributed by atoms with E-state index in [2.05, 4.69) is 15.6 Å². The van der Waals surface area contributed by atoms with Crippen molar-refractivity contribution < 1.29 is 4.79 Å². The van der Waals surface area contributed by atoms with Crippen molar-refractivity contribution in [3.63, 3.8) is 0 Å². The minimum Gasteiger partial charge on any atom is -0.370 e. The van der Waals surface area contributed by atoms with Crippen LogP contribution in [0.4, 0.5) is 5.69 Å². The van der Waals surface area contributed by atoms with Gasteiger partial charge in [-0.2, -0.15) is 0 Å². The van der Waals surface area contributed by atoms with Crippen LogP contribution in [0.3, 0.4) is 0 Å². The summed E-state index contributed by atoms with van der Waals surface area (Å²) in [5.74, 6) is 0.309. The molecule has 4 N–H and O–H groups in total. The van der Waals surface area contributed by atoms with Gasteiger partial charge >= 0.3 is 0 Å². The molecular formula is C18H23IN4O. The first-order valence-corrected chi connectivity index (χ1v) is 7.62. The molecule has 0 bridgehead atoms. The summed E-state index contributed by atoms with van der Waals surface area (Å²) >= 11 is 0. The summed E-state index contributed by atoms with van der Waals surface area (Å²) in [5, 5.41) is 5.89. The average molecular weight is 438 g/mol. The molecule has 0 radical (unpaired) electrons. The zero-order chi connectivity index (χ0) is 16.5. The van der Waals surface area contributed by atoms with Crippen LogP contribution in [-0.4, -0.2) is 25.0 Å². The molecule has 128 valence electrons. The summed E-state index contributed by atoms with van der Waals surface area (Å²) in [6.07, 6.45) is 0.731. The Morgan fingerprint density at radius 2 is 1.75 bits per heavy atom. The third kappa shape index (κ3) is 6.99. The van der Waals surface area contributed by atoms with Crippen molar-refractivity contribution in [3.8, 4) is 0 Å². The number of anilines is 1. The lowest BCUT2D eigenvalue weighted by Crippen LogP contribution is -2.26. The van der Waals surface area contributed by atoms with Gasteiger partial charge in [-0.1, -0.05) is 35.9 Å². The van der Waals surface area contributed by atoms with Crippen molar-refractivity contribution >= 4 is 41.5 Å². The molecule has 2 rings (SSSR count). The van der Waals surface area contributed by atoms with Crippen molar-refractivity contribution in [1.82, 2.24) is 5.32 Å². The van der Waals surface area contributed by atoms with Crippen molar-refractivity contribution in [2.75, 3.05) is 18.4 Å². The molecule has 5 nitrogen and oxygen atoms in total. The van der Waals surface area contributed by atoms with E-state index in [0.717, 1.165) is 12.1 Å². The van der Waals surface area contributed by atoms with Crippen LogP contribution in [0.2, 0.25) is 0 Å². The van der Waals surface area contributed by atoms with Crippen LogP contribution in [-0.2, 0) is 0 Å². The first-order valence-electron chi connectivity index (χ1n) is 7.62. The first-order chi connectivity index (χ1) is 11.1. The average Bonchev–Trinajstić information content (AvgIpc) is 2.57. The highest BCUT2D eigenvalue weighted by molar-refractivity contribution is 14.0. The zero-order valence-corrected chi connectivity index (χ0v) is 16.0. The van der Waals surface area contributed by atoms with Gasteiger partial charge in [-0.05, 0) is 37.6 Å². The number of hydrogen-bond acceptors (Lipinski definition) is 2. The van der Waals surface area contributed by atoms with E-state index in [4.69, 9.17) is 5.73 Å². The van der Waals surface area contributed by atoms with E-state index in [0.29, 0.717) is 24.6 Å². The Morgan fingerprint density at radius 3 is 2.42 bits per heavy atom. The Labute approximate surface area is 159 Å². The predicted molar refractivity (Wildman–Crippen MR) is 110 cm³/mol. The third-order valence-corrected chi connectivity index (χ3v) is 3.26. The van der Waals surface area contributed by atoms with E-state index in [-0.39, 0.29) is 29.9 Å². The van der Waals surface area contributed by atoms with Gasteiger partial charge in [0.2, 0.25) is 0 Å². The maximum atomic E-state index is 11.8. The van der Waals surface area contributed by atoms with E-state index in [1.54, 1.807) is 12.1 Å². The standard InChI is InChI=1S/C18H22N4O.HI/c1-14-8-10-16(11-9-14)22-18(19)21-13-5-12-20-17(23)15-6-3-2-4-7-15;/h2-4,6-11H,5,12-13H2,1H3,(H,20,23)(H3,19,21,22);1H. The Kier molecular flexibility index (Phi) is 8.85. The Balaban J connectivity index is 0.00000288. The van der Waals surface area contributed by atoms with E-state index in [1.165, 1.54) is 5.56 Å². The Hall–Kier alpha value is -2.09. The van der Waals surface area contributed by atoms with Crippen molar-refractivity contribution in [1.29, 1.82) is 0 Å². The fraction of sp³-hybridized carbons (Fsp3) is 0.222. The smallest absolute Gasteiger partial charge is 0.251 e. The van der Waals surface area contributed by atoms with Crippen LogP contribution in [0.15, 0.2) is 59.6 Å². The summed E-state index contributed by atoms with van der Waals surface area (Å²) in [5.41, 5.74) is 8.60. The highest BCUT2D eigenvalue weighted by atomic mass is 127. The van der Waals surface area contributed by atoms with Crippen LogP contribution in [0, 0.1) is 6.92 Å². The summed E-state index contributed by atoms with van der Waals surface area (Å²) in [7, 11) is 0. The predicted octanol–water partition coefficient (Wildman–Crippen LogP) is 3.16. The highest BCUT2D eigenvalue weighted by Crippen LogP contribution is 2.07. The van der Waals surface area contributed by atoms with Crippen LogP contribution in [0.25, 0.3) is 0 Å². The maximum Gasteiger partial charge on any atom is 0.251 e. The second-order valence-electron chi connectivity index (χ2n) is 5.23. The van der Waals surface area contributed by atoms with Crippen LogP contribution < -0.4 is 16.4 Å². The highest BCUT2D eigenvalue weighted by Gasteiger charge is 2.02. The number of benzene rings is 2. The molecule has 0 aromatic heterocycles. The molecule has 0 aliphatic rings. The minimum absolute atomic E-state index is 0. The largest absolute Gasteiger partial charge is 0.370 e. The lowest BCUT2D eigenvalue weighted by Gasteiger charge is -2.06. The molecule has 0 aliphatic heterocycles. The third-order valence-electron chi connectivity index (χ3n) is 3.26. The normalized spacial score (nSPS) is 10.6. The number of aryl methyl sites for hydroxylation is 1. The molecule has 0 saturated carbocycles. The molecule has 0 aliphatic carbocycles. The Morgan fingerprint density at radius 1 is 1.08 bits per heavy atom. The number of hydrogen-bond donors (Lipinski definition) is 3. The van der Waals surface area contributed by atoms with Crippen LogP contribution >= 0.6 is 24.0 Å². The zero-order valence-electron chi connectivity index (χ0n) is 13.7. The molecule has 0 atom stereocenters. The van der Waals surface area contributed by atoms with E-state index >= 15 is 0 Å². The van der Waals surface area contributed by atoms with E-state index < -0.39 is 0 Å². The van der Waals surface area contributed by atoms with E-state index in [9.17, 15) is 4.79 Å². The molecule has 0 spiro atoms. The van der Waals surface area contributed by atoms with Crippen molar-refractivity contribution in [3.05, 3.63) is 65.7 Å².